The number of ether oxygens (including phenoxy) is 2. The van der Waals surface area contributed by atoms with E-state index in [2.05, 4.69) is 29.7 Å². The minimum atomic E-state index is 0.0637. The van der Waals surface area contributed by atoms with Crippen LogP contribution in [0.5, 0.6) is 11.8 Å². The molecule has 8 nitrogen and oxygen atoms in total. The van der Waals surface area contributed by atoms with Crippen LogP contribution in [-0.4, -0.2) is 59.3 Å². The van der Waals surface area contributed by atoms with Crippen LogP contribution in [0.1, 0.15) is 13.8 Å². The summed E-state index contributed by atoms with van der Waals surface area (Å²) in [5, 5.41) is 0. The van der Waals surface area contributed by atoms with E-state index in [0.717, 1.165) is 37.8 Å². The molecular formula is C16H22N6O2. The van der Waals surface area contributed by atoms with Gasteiger partial charge >= 0.3 is 0 Å². The largest absolute Gasteiger partial charge is 0.480 e. The van der Waals surface area contributed by atoms with Crippen molar-refractivity contribution in [1.82, 2.24) is 19.9 Å². The number of methoxy groups -OCH3 is 1. The maximum atomic E-state index is 5.77. The van der Waals surface area contributed by atoms with Crippen molar-refractivity contribution in [3.63, 3.8) is 0 Å². The first-order valence-electron chi connectivity index (χ1n) is 8.01. The molecule has 1 saturated heterocycles. The van der Waals surface area contributed by atoms with Gasteiger partial charge in [0.1, 0.15) is 0 Å². The zero-order valence-electron chi connectivity index (χ0n) is 14.2. The van der Waals surface area contributed by atoms with Gasteiger partial charge in [-0.25, -0.2) is 9.97 Å². The Bertz CT molecular complexity index is 673. The van der Waals surface area contributed by atoms with Crippen molar-refractivity contribution in [3.05, 3.63) is 24.8 Å². The number of hydrogen-bond donors (Lipinski definition) is 0. The molecule has 2 aromatic heterocycles. The van der Waals surface area contributed by atoms with Gasteiger partial charge in [0.25, 0.3) is 5.88 Å². The van der Waals surface area contributed by atoms with Gasteiger partial charge in [-0.05, 0) is 13.8 Å². The summed E-state index contributed by atoms with van der Waals surface area (Å²) >= 11 is 0. The van der Waals surface area contributed by atoms with Gasteiger partial charge in [0.2, 0.25) is 5.88 Å². The molecule has 1 aliphatic heterocycles. The Morgan fingerprint density at radius 2 is 1.71 bits per heavy atom. The minimum absolute atomic E-state index is 0.0637. The van der Waals surface area contributed by atoms with Crippen LogP contribution in [0.2, 0.25) is 0 Å². The lowest BCUT2D eigenvalue weighted by atomic mass is 10.3. The average Bonchev–Trinajstić information content (AvgIpc) is 2.62. The zero-order chi connectivity index (χ0) is 16.9. The molecule has 0 spiro atoms. The van der Waals surface area contributed by atoms with Gasteiger partial charge in [0.05, 0.1) is 25.6 Å². The van der Waals surface area contributed by atoms with Gasteiger partial charge in [-0.3, -0.25) is 4.98 Å². The molecule has 0 aliphatic carbocycles. The Labute approximate surface area is 141 Å². The van der Waals surface area contributed by atoms with E-state index in [9.17, 15) is 0 Å². The van der Waals surface area contributed by atoms with E-state index in [-0.39, 0.29) is 6.10 Å². The van der Waals surface area contributed by atoms with Crippen LogP contribution in [0.25, 0.3) is 0 Å². The van der Waals surface area contributed by atoms with Crippen molar-refractivity contribution in [2.24, 2.45) is 0 Å². The third-order valence-corrected chi connectivity index (χ3v) is 3.71. The van der Waals surface area contributed by atoms with Gasteiger partial charge in [-0.2, -0.15) is 4.98 Å². The van der Waals surface area contributed by atoms with Gasteiger partial charge < -0.3 is 19.3 Å². The molecule has 0 N–H and O–H groups in total. The van der Waals surface area contributed by atoms with E-state index in [0.29, 0.717) is 11.8 Å². The average molecular weight is 330 g/mol. The molecule has 1 fully saturated rings. The molecule has 0 unspecified atom stereocenters. The van der Waals surface area contributed by atoms with E-state index in [1.165, 1.54) is 0 Å². The summed E-state index contributed by atoms with van der Waals surface area (Å²) in [4.78, 5) is 21.8. The Morgan fingerprint density at radius 3 is 2.42 bits per heavy atom. The summed E-state index contributed by atoms with van der Waals surface area (Å²) in [7, 11) is 1.59. The second-order valence-electron chi connectivity index (χ2n) is 5.75. The van der Waals surface area contributed by atoms with Crippen LogP contribution in [0, 0.1) is 0 Å². The van der Waals surface area contributed by atoms with Crippen molar-refractivity contribution >= 4 is 11.6 Å². The first-order chi connectivity index (χ1) is 11.7. The number of nitrogens with zero attached hydrogens (tertiary/aromatic N) is 6. The highest BCUT2D eigenvalue weighted by atomic mass is 16.5. The molecule has 0 atom stereocenters. The van der Waals surface area contributed by atoms with E-state index in [4.69, 9.17) is 9.47 Å². The molecule has 2 aromatic rings. The highest BCUT2D eigenvalue weighted by Gasteiger charge is 2.23. The Balaban J connectivity index is 1.69. The van der Waals surface area contributed by atoms with E-state index in [1.807, 2.05) is 13.8 Å². The van der Waals surface area contributed by atoms with Crippen LogP contribution in [0.15, 0.2) is 24.8 Å². The SMILES string of the molecule is COc1cncc(N2CCN(c3nccnc3OC(C)C)CC2)n1. The molecular weight excluding hydrogens is 308 g/mol. The maximum Gasteiger partial charge on any atom is 0.257 e. The standard InChI is InChI=1S/C16H22N6O2/c1-12(2)24-16-15(18-4-5-19-16)22-8-6-21(7-9-22)13-10-17-11-14(20-13)23-3/h4-5,10-12H,6-9H2,1-3H3. The minimum Gasteiger partial charge on any atom is -0.480 e. The molecule has 0 aromatic carbocycles. The lowest BCUT2D eigenvalue weighted by Crippen LogP contribution is -2.47. The molecule has 0 saturated carbocycles. The fourth-order valence-electron chi connectivity index (χ4n) is 2.58. The predicted molar refractivity (Wildman–Crippen MR) is 90.8 cm³/mol. The van der Waals surface area contributed by atoms with Crippen molar-refractivity contribution in [1.29, 1.82) is 0 Å². The first kappa shape index (κ1) is 16.2. The fraction of sp³-hybridized carbons (Fsp3) is 0.500. The molecule has 8 heteroatoms. The summed E-state index contributed by atoms with van der Waals surface area (Å²) in [6.07, 6.45) is 6.78. The van der Waals surface area contributed by atoms with E-state index in [1.54, 1.807) is 31.9 Å². The summed E-state index contributed by atoms with van der Waals surface area (Å²) in [6, 6.07) is 0. The van der Waals surface area contributed by atoms with E-state index < -0.39 is 0 Å². The summed E-state index contributed by atoms with van der Waals surface area (Å²) in [5.41, 5.74) is 0. The second-order valence-corrected chi connectivity index (χ2v) is 5.75. The second kappa shape index (κ2) is 7.29. The van der Waals surface area contributed by atoms with E-state index >= 15 is 0 Å². The molecule has 0 bridgehead atoms. The molecule has 24 heavy (non-hydrogen) atoms. The first-order valence-corrected chi connectivity index (χ1v) is 8.01. The van der Waals surface area contributed by atoms with Gasteiger partial charge in [0, 0.05) is 38.6 Å². The van der Waals surface area contributed by atoms with Crippen LogP contribution in [0.4, 0.5) is 11.6 Å². The lowest BCUT2D eigenvalue weighted by molar-refractivity contribution is 0.232. The molecule has 3 heterocycles. The topological polar surface area (TPSA) is 76.5 Å². The van der Waals surface area contributed by atoms with Crippen LogP contribution >= 0.6 is 0 Å². The number of hydrogen-bond acceptors (Lipinski definition) is 8. The lowest BCUT2D eigenvalue weighted by Gasteiger charge is -2.36. The highest BCUT2D eigenvalue weighted by molar-refractivity contribution is 5.50. The Morgan fingerprint density at radius 1 is 1.00 bits per heavy atom. The van der Waals surface area contributed by atoms with Gasteiger partial charge in [-0.15, -0.1) is 0 Å². The Kier molecular flexibility index (Phi) is 4.93. The van der Waals surface area contributed by atoms with Crippen LogP contribution < -0.4 is 19.3 Å². The zero-order valence-corrected chi connectivity index (χ0v) is 14.2. The molecule has 1 aliphatic rings. The maximum absolute atomic E-state index is 5.77. The molecule has 128 valence electrons. The van der Waals surface area contributed by atoms with Gasteiger partial charge in [-0.1, -0.05) is 0 Å². The summed E-state index contributed by atoms with van der Waals surface area (Å²) in [6.45, 7) is 7.23. The van der Waals surface area contributed by atoms with Crippen molar-refractivity contribution < 1.29 is 9.47 Å². The molecule has 3 rings (SSSR count). The van der Waals surface area contributed by atoms with Gasteiger partial charge in [0.15, 0.2) is 11.6 Å². The highest BCUT2D eigenvalue weighted by Crippen LogP contribution is 2.25. The fourth-order valence-corrected chi connectivity index (χ4v) is 2.58. The summed E-state index contributed by atoms with van der Waals surface area (Å²) < 4.78 is 10.9. The van der Waals surface area contributed by atoms with Crippen molar-refractivity contribution in [2.45, 2.75) is 20.0 Å². The molecule has 0 radical (unpaired) electrons. The smallest absolute Gasteiger partial charge is 0.257 e. The van der Waals surface area contributed by atoms with Crippen LogP contribution in [0.3, 0.4) is 0 Å². The number of piperazine rings is 1. The predicted octanol–water partition coefficient (Wildman–Crippen LogP) is 1.39. The third kappa shape index (κ3) is 3.64. The summed E-state index contributed by atoms with van der Waals surface area (Å²) in [5.74, 6) is 2.73. The van der Waals surface area contributed by atoms with Crippen LogP contribution in [-0.2, 0) is 0 Å². The number of rotatable bonds is 5. The Hall–Kier alpha value is -2.64. The third-order valence-electron chi connectivity index (χ3n) is 3.71. The number of aromatic nitrogens is 4. The number of anilines is 2. The normalized spacial score (nSPS) is 14.8. The quantitative estimate of drug-likeness (QED) is 0.814. The monoisotopic (exact) mass is 330 g/mol. The van der Waals surface area contributed by atoms with Crippen molar-refractivity contribution in [2.75, 3.05) is 43.1 Å². The molecule has 0 amide bonds. The van der Waals surface area contributed by atoms with Crippen molar-refractivity contribution in [3.8, 4) is 11.8 Å².